The summed E-state index contributed by atoms with van der Waals surface area (Å²) < 4.78 is 7.91. The van der Waals surface area contributed by atoms with E-state index in [1.54, 1.807) is 0 Å². The van der Waals surface area contributed by atoms with Crippen LogP contribution in [0.1, 0.15) is 85.5 Å². The number of halogens is 1. The molecule has 1 aliphatic heterocycles. The maximum absolute atomic E-state index is 13.7. The van der Waals surface area contributed by atoms with Crippen molar-refractivity contribution in [2.24, 2.45) is 51.8 Å². The molecule has 0 aromatic heterocycles. The number of fused-ring (bicyclic) bond motifs is 2. The van der Waals surface area contributed by atoms with Crippen LogP contribution in [-0.4, -0.2) is 34.0 Å². The molecule has 1 N–H and O–H groups in total. The van der Waals surface area contributed by atoms with Gasteiger partial charge in [-0.1, -0.05) is 87.6 Å². The molecule has 0 spiro atoms. The number of unbranched alkanes of at least 4 members (excludes halogenated alkanes) is 2. The Morgan fingerprint density at radius 1 is 1.29 bits per heavy atom. The maximum atomic E-state index is 13.7. The number of carbonyl (C=O) groups excluding carboxylic acids is 1. The van der Waals surface area contributed by atoms with Gasteiger partial charge in [0.05, 0.1) is 17.6 Å². The van der Waals surface area contributed by atoms with Crippen molar-refractivity contribution in [2.75, 3.05) is 4.43 Å². The zero-order valence-electron chi connectivity index (χ0n) is 21.4. The van der Waals surface area contributed by atoms with Crippen LogP contribution in [0.3, 0.4) is 0 Å². The second-order valence-corrected chi connectivity index (χ2v) is 13.6. The zero-order valence-corrected chi connectivity index (χ0v) is 23.6. The summed E-state index contributed by atoms with van der Waals surface area (Å²) >= 11 is 2.46. The molecule has 1 saturated heterocycles. The Balaban J connectivity index is 1.65. The summed E-state index contributed by atoms with van der Waals surface area (Å²) in [5, 5.41) is 11.2. The maximum Gasteiger partial charge on any atom is 0.315 e. The molecular weight excluding hydrogens is 539 g/mol. The molecule has 4 fully saturated rings. The van der Waals surface area contributed by atoms with Crippen molar-refractivity contribution in [2.45, 2.75) is 97.7 Å². The first-order valence-electron chi connectivity index (χ1n) is 13.9. The fourth-order valence-corrected chi connectivity index (χ4v) is 11.0. The molecule has 4 bridgehead atoms. The van der Waals surface area contributed by atoms with Crippen molar-refractivity contribution >= 4 is 34.8 Å². The van der Waals surface area contributed by atoms with E-state index < -0.39 is 22.2 Å². The molecule has 0 aromatic carbocycles. The Bertz CT molecular complexity index is 868. The molecule has 0 amide bonds. The smallest absolute Gasteiger partial charge is 0.315 e. The molecule has 4 aliphatic carbocycles. The first-order valence-corrected chi connectivity index (χ1v) is 15.4. The summed E-state index contributed by atoms with van der Waals surface area (Å²) in [6.07, 6.45) is 13.1. The number of aldehydes is 1. The van der Waals surface area contributed by atoms with Crippen LogP contribution in [0.2, 0.25) is 0 Å². The molecule has 0 aromatic rings. The van der Waals surface area contributed by atoms with Crippen LogP contribution in [0.15, 0.2) is 11.6 Å². The van der Waals surface area contributed by atoms with Gasteiger partial charge in [-0.2, -0.15) is 0 Å². The highest BCUT2D eigenvalue weighted by Crippen LogP contribution is 2.84. The summed E-state index contributed by atoms with van der Waals surface area (Å²) in [4.78, 5) is 26.9. The molecular formula is C29H43IO4. The van der Waals surface area contributed by atoms with E-state index in [1.807, 2.05) is 0 Å². The van der Waals surface area contributed by atoms with Gasteiger partial charge < -0.3 is 14.6 Å². The summed E-state index contributed by atoms with van der Waals surface area (Å²) in [7, 11) is 0. The van der Waals surface area contributed by atoms with E-state index >= 15 is 0 Å². The van der Waals surface area contributed by atoms with E-state index in [0.29, 0.717) is 24.2 Å². The monoisotopic (exact) mass is 582 g/mol. The molecule has 5 rings (SSSR count). The number of alkyl halides is 1. The Morgan fingerprint density at radius 2 is 2.06 bits per heavy atom. The van der Waals surface area contributed by atoms with Crippen molar-refractivity contribution in [3.05, 3.63) is 11.6 Å². The summed E-state index contributed by atoms with van der Waals surface area (Å²) in [6.45, 7) is 8.84. The number of carboxylic acids is 1. The predicted octanol–water partition coefficient (Wildman–Crippen LogP) is 6.70. The fraction of sp³-hybridized carbons (Fsp3) is 0.862. The van der Waals surface area contributed by atoms with Gasteiger partial charge in [-0.3, -0.25) is 4.79 Å². The number of aliphatic carboxylic acids is 1. The van der Waals surface area contributed by atoms with Crippen LogP contribution in [0.4, 0.5) is 0 Å². The lowest BCUT2D eigenvalue weighted by Crippen LogP contribution is -2.65. The number of hydrogen-bond donors (Lipinski definition) is 1. The van der Waals surface area contributed by atoms with Crippen LogP contribution in [-0.2, 0) is 14.3 Å². The lowest BCUT2D eigenvalue weighted by molar-refractivity contribution is -0.196. The molecule has 5 heteroatoms. The molecule has 190 valence electrons. The van der Waals surface area contributed by atoms with Crippen LogP contribution in [0.25, 0.3) is 0 Å². The molecule has 34 heavy (non-hydrogen) atoms. The van der Waals surface area contributed by atoms with E-state index in [4.69, 9.17) is 4.74 Å². The zero-order chi connectivity index (χ0) is 24.5. The number of rotatable bonds is 9. The Labute approximate surface area is 219 Å². The molecule has 4 nitrogen and oxygen atoms in total. The average molecular weight is 583 g/mol. The van der Waals surface area contributed by atoms with E-state index in [0.717, 1.165) is 42.0 Å². The fourth-order valence-electron chi connectivity index (χ4n) is 10.1. The third-order valence-corrected chi connectivity index (χ3v) is 12.2. The molecule has 10 atom stereocenters. The van der Waals surface area contributed by atoms with Gasteiger partial charge in [0.2, 0.25) is 0 Å². The Kier molecular flexibility index (Phi) is 6.57. The lowest BCUT2D eigenvalue weighted by atomic mass is 9.41. The van der Waals surface area contributed by atoms with E-state index in [9.17, 15) is 14.7 Å². The average Bonchev–Trinajstić information content (AvgIpc) is 3.51. The first kappa shape index (κ1) is 25.2. The van der Waals surface area contributed by atoms with E-state index in [2.05, 4.69) is 56.4 Å². The Morgan fingerprint density at radius 3 is 2.68 bits per heavy atom. The van der Waals surface area contributed by atoms with Gasteiger partial charge in [0, 0.05) is 9.84 Å². The van der Waals surface area contributed by atoms with Gasteiger partial charge in [0.25, 0.3) is 0 Å². The quantitative estimate of drug-likeness (QED) is 0.108. The second-order valence-electron chi connectivity index (χ2n) is 12.7. The highest BCUT2D eigenvalue weighted by molar-refractivity contribution is 14.1. The van der Waals surface area contributed by atoms with E-state index in [1.165, 1.54) is 25.7 Å². The molecule has 1 heterocycles. The minimum absolute atomic E-state index is 0.0666. The topological polar surface area (TPSA) is 63.6 Å². The lowest BCUT2D eigenvalue weighted by Gasteiger charge is -2.60. The van der Waals surface area contributed by atoms with Gasteiger partial charge >= 0.3 is 5.97 Å². The Hall–Kier alpha value is -0.430. The molecule has 5 aliphatic rings. The number of ether oxygens (including phenoxy) is 1. The van der Waals surface area contributed by atoms with Crippen LogP contribution >= 0.6 is 22.6 Å². The van der Waals surface area contributed by atoms with Crippen LogP contribution in [0, 0.1) is 51.8 Å². The normalized spacial score (nSPS) is 48.9. The number of carbonyl (C=O) groups is 2. The van der Waals surface area contributed by atoms with Crippen LogP contribution in [0.5, 0.6) is 0 Å². The minimum Gasteiger partial charge on any atom is -0.481 e. The highest BCUT2D eigenvalue weighted by atomic mass is 127. The van der Waals surface area contributed by atoms with Crippen molar-refractivity contribution in [1.29, 1.82) is 0 Å². The van der Waals surface area contributed by atoms with Gasteiger partial charge in [0.15, 0.2) is 0 Å². The second kappa shape index (κ2) is 8.85. The van der Waals surface area contributed by atoms with Crippen molar-refractivity contribution in [3.63, 3.8) is 0 Å². The largest absolute Gasteiger partial charge is 0.481 e. The van der Waals surface area contributed by atoms with Gasteiger partial charge in [-0.25, -0.2) is 0 Å². The van der Waals surface area contributed by atoms with E-state index in [-0.39, 0.29) is 30.0 Å². The SMILES string of the molecule is CCCCC[C@@H]1C[C@H](C23C[C@@H]4[C@H](C)CC[C@H]4C4(C=O)CC2C=C(C(C)C)[C@]43C(=O)O)O[C@H]1CI. The number of allylic oxidation sites excluding steroid dienone is 1. The first-order chi connectivity index (χ1) is 16.2. The van der Waals surface area contributed by atoms with Crippen molar-refractivity contribution in [1.82, 2.24) is 0 Å². The molecule has 3 saturated carbocycles. The third-order valence-electron chi connectivity index (χ3n) is 11.3. The third kappa shape index (κ3) is 2.92. The van der Waals surface area contributed by atoms with Gasteiger partial charge in [0.1, 0.15) is 11.7 Å². The molecule has 0 radical (unpaired) electrons. The highest BCUT2D eigenvalue weighted by Gasteiger charge is 2.86. The summed E-state index contributed by atoms with van der Waals surface area (Å²) in [5.41, 5.74) is -1.34. The summed E-state index contributed by atoms with van der Waals surface area (Å²) in [6, 6.07) is 0. The summed E-state index contributed by atoms with van der Waals surface area (Å²) in [5.74, 6) is 1.19. The van der Waals surface area contributed by atoms with Gasteiger partial charge in [-0.05, 0) is 67.6 Å². The predicted molar refractivity (Wildman–Crippen MR) is 142 cm³/mol. The molecule has 3 unspecified atom stereocenters. The standard InChI is InChI=1S/C29H43IO4/c1-5-6-7-8-19-11-25(34-24(19)15-30)28-14-21-18(4)9-10-22(21)27(16-31)13-20(28)12-23(17(2)3)29(27,28)26(32)33/h12,16-22,24-25H,5-11,13-15H2,1-4H3,(H,32,33)/t18-,19-,20?,21-,22-,24+,25-,27?,28?,29+/m1/s1. The van der Waals surface area contributed by atoms with Crippen molar-refractivity contribution in [3.8, 4) is 0 Å². The van der Waals surface area contributed by atoms with Gasteiger partial charge in [-0.15, -0.1) is 0 Å². The number of carboxylic acid groups (broad SMARTS) is 1. The number of hydrogen-bond acceptors (Lipinski definition) is 3. The van der Waals surface area contributed by atoms with Crippen LogP contribution < -0.4 is 0 Å². The van der Waals surface area contributed by atoms with Crippen molar-refractivity contribution < 1.29 is 19.4 Å². The minimum atomic E-state index is -1.11.